The number of hydrogen-bond acceptors (Lipinski definition) is 5. The van der Waals surface area contributed by atoms with Crippen molar-refractivity contribution in [2.45, 2.75) is 0 Å². The molecule has 8 heteroatoms. The molecule has 2 aromatic rings. The van der Waals surface area contributed by atoms with Crippen LogP contribution in [0.1, 0.15) is 20.7 Å². The van der Waals surface area contributed by atoms with Crippen LogP contribution >= 0.6 is 11.6 Å². The molecule has 0 aliphatic carbocycles. The van der Waals surface area contributed by atoms with Gasteiger partial charge in [0.2, 0.25) is 0 Å². The second kappa shape index (κ2) is 6.19. The van der Waals surface area contributed by atoms with Crippen molar-refractivity contribution >= 4 is 29.2 Å². The summed E-state index contributed by atoms with van der Waals surface area (Å²) >= 11 is 5.97. The second-order valence-corrected chi connectivity index (χ2v) is 4.33. The zero-order valence-electron chi connectivity index (χ0n) is 10.8. The Morgan fingerprint density at radius 3 is 2.67 bits per heavy atom. The molecule has 0 fully saturated rings. The molecule has 2 N–H and O–H groups in total. The number of rotatable bonds is 4. The summed E-state index contributed by atoms with van der Waals surface area (Å²) in [7, 11) is 1.33. The zero-order valence-corrected chi connectivity index (χ0v) is 11.6. The number of carbonyl (C=O) groups excluding carboxylic acids is 1. The number of aromatic nitrogens is 2. The van der Waals surface area contributed by atoms with Gasteiger partial charge in [-0.15, -0.1) is 0 Å². The van der Waals surface area contributed by atoms with Crippen molar-refractivity contribution < 1.29 is 19.4 Å². The summed E-state index contributed by atoms with van der Waals surface area (Å²) in [6.07, 6.45) is 2.68. The number of ether oxygens (including phenoxy) is 1. The first-order valence-electron chi connectivity index (χ1n) is 5.71. The van der Waals surface area contributed by atoms with Crippen LogP contribution in [0.2, 0.25) is 5.02 Å². The van der Waals surface area contributed by atoms with E-state index in [1.807, 2.05) is 0 Å². The van der Waals surface area contributed by atoms with Crippen LogP contribution in [-0.4, -0.2) is 34.3 Å². The highest BCUT2D eigenvalue weighted by Crippen LogP contribution is 2.31. The van der Waals surface area contributed by atoms with E-state index in [9.17, 15) is 9.59 Å². The second-order valence-electron chi connectivity index (χ2n) is 3.92. The molecule has 0 bridgehead atoms. The number of carboxylic acid groups (broad SMARTS) is 1. The van der Waals surface area contributed by atoms with Crippen LogP contribution in [0.3, 0.4) is 0 Å². The number of aromatic carboxylic acids is 1. The summed E-state index contributed by atoms with van der Waals surface area (Å²) in [5, 5.41) is 18.8. The van der Waals surface area contributed by atoms with E-state index < -0.39 is 11.9 Å². The molecular formula is C13H10ClN3O4. The van der Waals surface area contributed by atoms with E-state index in [1.165, 1.54) is 37.7 Å². The summed E-state index contributed by atoms with van der Waals surface area (Å²) < 4.78 is 4.98. The molecule has 0 radical (unpaired) electrons. The molecular weight excluding hydrogens is 298 g/mol. The summed E-state index contributed by atoms with van der Waals surface area (Å²) in [6, 6.07) is 4.04. The molecule has 2 rings (SSSR count). The van der Waals surface area contributed by atoms with Gasteiger partial charge in [-0.25, -0.2) is 4.79 Å². The smallest absolute Gasteiger partial charge is 0.339 e. The average Bonchev–Trinajstić information content (AvgIpc) is 2.49. The standard InChI is InChI=1S/C13H10ClN3O4/c1-21-11-5-10(9(14)4-8(11)13(19)20)17-12(18)7-2-3-15-16-6-7/h2-6H,1H3,(H,17,18)(H,19,20). The Morgan fingerprint density at radius 2 is 2.10 bits per heavy atom. The van der Waals surface area contributed by atoms with Gasteiger partial charge in [-0.1, -0.05) is 11.6 Å². The predicted molar refractivity (Wildman–Crippen MR) is 74.9 cm³/mol. The van der Waals surface area contributed by atoms with Gasteiger partial charge in [-0.05, 0) is 12.1 Å². The molecule has 0 saturated heterocycles. The number of benzene rings is 1. The molecule has 0 aliphatic heterocycles. The molecule has 1 aromatic heterocycles. The number of carboxylic acids is 1. The first-order chi connectivity index (χ1) is 10.0. The number of nitrogens with one attached hydrogen (secondary N) is 1. The molecule has 0 saturated carbocycles. The fraction of sp³-hybridized carbons (Fsp3) is 0.0769. The molecule has 1 amide bonds. The third kappa shape index (κ3) is 3.26. The molecule has 1 aromatic carbocycles. The monoisotopic (exact) mass is 307 g/mol. The van der Waals surface area contributed by atoms with Gasteiger partial charge in [0.05, 0.1) is 35.8 Å². The topological polar surface area (TPSA) is 101 Å². The van der Waals surface area contributed by atoms with Crippen LogP contribution in [0.5, 0.6) is 5.75 Å². The number of hydrogen-bond donors (Lipinski definition) is 2. The molecule has 0 aliphatic rings. The van der Waals surface area contributed by atoms with Crippen LogP contribution in [-0.2, 0) is 0 Å². The van der Waals surface area contributed by atoms with Crippen molar-refractivity contribution in [3.63, 3.8) is 0 Å². The summed E-state index contributed by atoms with van der Waals surface area (Å²) in [4.78, 5) is 23.0. The first kappa shape index (κ1) is 14.7. The third-order valence-electron chi connectivity index (χ3n) is 2.61. The van der Waals surface area contributed by atoms with E-state index in [4.69, 9.17) is 21.4 Å². The number of halogens is 1. The Hall–Kier alpha value is -2.67. The third-order valence-corrected chi connectivity index (χ3v) is 2.93. The number of carbonyl (C=O) groups is 2. The maximum absolute atomic E-state index is 12.0. The van der Waals surface area contributed by atoms with Gasteiger partial charge in [-0.3, -0.25) is 4.79 Å². The average molecular weight is 308 g/mol. The van der Waals surface area contributed by atoms with Crippen molar-refractivity contribution in [1.82, 2.24) is 10.2 Å². The number of nitrogens with zero attached hydrogens (tertiary/aromatic N) is 2. The van der Waals surface area contributed by atoms with E-state index in [1.54, 1.807) is 0 Å². The fourth-order valence-electron chi connectivity index (χ4n) is 1.60. The Balaban J connectivity index is 2.33. The lowest BCUT2D eigenvalue weighted by Gasteiger charge is -2.11. The highest BCUT2D eigenvalue weighted by molar-refractivity contribution is 6.34. The Kier molecular flexibility index (Phi) is 4.34. The first-order valence-corrected chi connectivity index (χ1v) is 6.09. The largest absolute Gasteiger partial charge is 0.496 e. The lowest BCUT2D eigenvalue weighted by Crippen LogP contribution is -2.13. The normalized spacial score (nSPS) is 10.0. The minimum absolute atomic E-state index is 0.0866. The lowest BCUT2D eigenvalue weighted by atomic mass is 10.1. The maximum atomic E-state index is 12.0. The van der Waals surface area contributed by atoms with Crippen LogP contribution < -0.4 is 10.1 Å². The van der Waals surface area contributed by atoms with Crippen LogP contribution in [0.25, 0.3) is 0 Å². The van der Waals surface area contributed by atoms with E-state index in [2.05, 4.69) is 15.5 Å². The van der Waals surface area contributed by atoms with Gasteiger partial charge in [-0.2, -0.15) is 10.2 Å². The van der Waals surface area contributed by atoms with Crippen LogP contribution in [0.4, 0.5) is 5.69 Å². The van der Waals surface area contributed by atoms with Crippen molar-refractivity contribution in [3.05, 3.63) is 46.7 Å². The minimum atomic E-state index is -1.18. The lowest BCUT2D eigenvalue weighted by molar-refractivity contribution is 0.0693. The highest BCUT2D eigenvalue weighted by atomic mass is 35.5. The van der Waals surface area contributed by atoms with E-state index >= 15 is 0 Å². The molecule has 7 nitrogen and oxygen atoms in total. The van der Waals surface area contributed by atoms with E-state index in [0.717, 1.165) is 0 Å². The molecule has 108 valence electrons. The Morgan fingerprint density at radius 1 is 1.33 bits per heavy atom. The predicted octanol–water partition coefficient (Wildman–Crippen LogP) is 2.09. The van der Waals surface area contributed by atoms with Crippen molar-refractivity contribution in [2.75, 3.05) is 12.4 Å². The van der Waals surface area contributed by atoms with Crippen molar-refractivity contribution in [2.24, 2.45) is 0 Å². The number of amides is 1. The Bertz CT molecular complexity index is 691. The quantitative estimate of drug-likeness (QED) is 0.896. The van der Waals surface area contributed by atoms with Crippen LogP contribution in [0.15, 0.2) is 30.6 Å². The SMILES string of the molecule is COc1cc(NC(=O)c2ccnnc2)c(Cl)cc1C(=O)O. The van der Waals surface area contributed by atoms with Crippen molar-refractivity contribution in [1.29, 1.82) is 0 Å². The fourth-order valence-corrected chi connectivity index (χ4v) is 1.82. The van der Waals surface area contributed by atoms with Gasteiger partial charge < -0.3 is 15.2 Å². The van der Waals surface area contributed by atoms with Crippen molar-refractivity contribution in [3.8, 4) is 5.75 Å². The molecule has 0 unspecified atom stereocenters. The number of methoxy groups -OCH3 is 1. The summed E-state index contributed by atoms with van der Waals surface area (Å²) in [6.45, 7) is 0. The van der Waals surface area contributed by atoms with Gasteiger partial charge in [0.25, 0.3) is 5.91 Å². The molecule has 0 spiro atoms. The molecule has 1 heterocycles. The van der Waals surface area contributed by atoms with Gasteiger partial charge in [0, 0.05) is 6.07 Å². The molecule has 0 atom stereocenters. The van der Waals surface area contributed by atoms with Gasteiger partial charge in [0.15, 0.2) is 0 Å². The highest BCUT2D eigenvalue weighted by Gasteiger charge is 2.16. The minimum Gasteiger partial charge on any atom is -0.496 e. The van der Waals surface area contributed by atoms with Gasteiger partial charge >= 0.3 is 5.97 Å². The summed E-state index contributed by atoms with van der Waals surface area (Å²) in [5.74, 6) is -1.53. The van der Waals surface area contributed by atoms with E-state index in [-0.39, 0.29) is 22.0 Å². The maximum Gasteiger partial charge on any atom is 0.339 e. The molecule has 21 heavy (non-hydrogen) atoms. The number of anilines is 1. The Labute approximate surface area is 124 Å². The zero-order chi connectivity index (χ0) is 15.4. The summed E-state index contributed by atoms with van der Waals surface area (Å²) in [5.41, 5.74) is 0.439. The van der Waals surface area contributed by atoms with Crippen LogP contribution in [0, 0.1) is 0 Å². The van der Waals surface area contributed by atoms with E-state index in [0.29, 0.717) is 5.56 Å². The van der Waals surface area contributed by atoms with Gasteiger partial charge in [0.1, 0.15) is 11.3 Å².